The Labute approximate surface area is 205 Å². The lowest BCUT2D eigenvalue weighted by Crippen LogP contribution is -2.51. The summed E-state index contributed by atoms with van der Waals surface area (Å²) in [5.74, 6) is -2.55. The van der Waals surface area contributed by atoms with Crippen molar-refractivity contribution in [3.63, 3.8) is 0 Å². The van der Waals surface area contributed by atoms with Gasteiger partial charge in [0.2, 0.25) is 21.9 Å². The van der Waals surface area contributed by atoms with E-state index in [2.05, 4.69) is 9.88 Å². The Hall–Kier alpha value is -1.85. The van der Waals surface area contributed by atoms with Gasteiger partial charge in [0.15, 0.2) is 0 Å². The summed E-state index contributed by atoms with van der Waals surface area (Å²) in [5.41, 5.74) is 0.729. The SMILES string of the molecule is Cc1ccc(S(=O)(=O)N2CCC[C@H]2C(=O)N(C)C2CCC(F)(F)CC2)c(N2[C@@H]3CC[C@H]2COC3)n1. The van der Waals surface area contributed by atoms with Gasteiger partial charge in [0.25, 0.3) is 0 Å². The number of carbonyl (C=O) groups is 1. The van der Waals surface area contributed by atoms with Crippen LogP contribution in [-0.4, -0.2) is 85.4 Å². The minimum atomic E-state index is -4.01. The summed E-state index contributed by atoms with van der Waals surface area (Å²) in [5, 5.41) is 0. The number of halogens is 2. The van der Waals surface area contributed by atoms with Gasteiger partial charge in [-0.1, -0.05) is 0 Å². The third kappa shape index (κ3) is 4.55. The van der Waals surface area contributed by atoms with Crippen LogP contribution in [0, 0.1) is 6.92 Å². The molecule has 1 amide bonds. The van der Waals surface area contributed by atoms with Crippen LogP contribution in [0.5, 0.6) is 0 Å². The fourth-order valence-electron chi connectivity index (χ4n) is 6.12. The van der Waals surface area contributed by atoms with E-state index in [9.17, 15) is 22.0 Å². The molecule has 1 aliphatic carbocycles. The molecule has 3 atom stereocenters. The van der Waals surface area contributed by atoms with Gasteiger partial charge in [0.05, 0.1) is 25.3 Å². The number of hydrogen-bond acceptors (Lipinski definition) is 6. The second kappa shape index (κ2) is 9.23. The number of alkyl halides is 2. The number of amides is 1. The molecule has 11 heteroatoms. The number of pyridine rings is 1. The maximum absolute atomic E-state index is 14.0. The third-order valence-corrected chi connectivity index (χ3v) is 10.0. The molecule has 1 aromatic rings. The summed E-state index contributed by atoms with van der Waals surface area (Å²) in [6.45, 7) is 3.18. The molecule has 3 aliphatic heterocycles. The maximum atomic E-state index is 14.0. The van der Waals surface area contributed by atoms with Crippen molar-refractivity contribution in [1.82, 2.24) is 14.2 Å². The molecule has 0 unspecified atom stereocenters. The van der Waals surface area contributed by atoms with Crippen molar-refractivity contribution >= 4 is 21.7 Å². The van der Waals surface area contributed by atoms with E-state index in [1.165, 1.54) is 9.21 Å². The predicted octanol–water partition coefficient (Wildman–Crippen LogP) is 2.95. The summed E-state index contributed by atoms with van der Waals surface area (Å²) >= 11 is 0. The monoisotopic (exact) mass is 512 g/mol. The molecule has 0 spiro atoms. The molecular formula is C24H34F2N4O4S. The van der Waals surface area contributed by atoms with Crippen molar-refractivity contribution in [1.29, 1.82) is 0 Å². The zero-order valence-corrected chi connectivity index (χ0v) is 21.1. The van der Waals surface area contributed by atoms with Crippen LogP contribution in [0.3, 0.4) is 0 Å². The summed E-state index contributed by atoms with van der Waals surface area (Å²) in [6.07, 6.45) is 2.80. The highest BCUT2D eigenvalue weighted by atomic mass is 32.2. The number of carbonyl (C=O) groups excluding carboxylic acids is 1. The smallest absolute Gasteiger partial charge is 0.248 e. The standard InChI is InChI=1S/C24H34F2N4O4S/c1-16-5-8-21(22(27-16)30-18-6-7-19(30)15-34-14-18)35(32,33)29-13-3-4-20(29)23(31)28(2)17-9-11-24(25,26)12-10-17/h5,8,17-20H,3-4,6-7,9-15H2,1-2H3/t18-,19+,20-/m0/s1. The van der Waals surface area contributed by atoms with Crippen molar-refractivity contribution < 1.29 is 26.7 Å². The number of anilines is 1. The number of hydrogen-bond donors (Lipinski definition) is 0. The first-order valence-electron chi connectivity index (χ1n) is 12.6. The maximum Gasteiger partial charge on any atom is 0.248 e. The lowest BCUT2D eigenvalue weighted by Gasteiger charge is -2.38. The van der Waals surface area contributed by atoms with E-state index in [1.54, 1.807) is 19.2 Å². The molecule has 5 rings (SSSR count). The van der Waals surface area contributed by atoms with E-state index >= 15 is 0 Å². The number of nitrogens with zero attached hydrogens (tertiary/aromatic N) is 4. The Bertz CT molecular complexity index is 1060. The molecular weight excluding hydrogens is 478 g/mol. The van der Waals surface area contributed by atoms with Crippen LogP contribution in [0.2, 0.25) is 0 Å². The number of likely N-dealkylation sites (N-methyl/N-ethyl adjacent to an activating group) is 1. The van der Waals surface area contributed by atoms with Gasteiger partial charge in [0, 0.05) is 38.2 Å². The Kier molecular flexibility index (Phi) is 6.54. The van der Waals surface area contributed by atoms with Crippen molar-refractivity contribution in [3.05, 3.63) is 17.8 Å². The van der Waals surface area contributed by atoms with Gasteiger partial charge >= 0.3 is 0 Å². The molecule has 4 aliphatic rings. The zero-order valence-electron chi connectivity index (χ0n) is 20.3. The summed E-state index contributed by atoms with van der Waals surface area (Å²) < 4.78 is 62.2. The van der Waals surface area contributed by atoms with Crippen LogP contribution in [0.4, 0.5) is 14.6 Å². The van der Waals surface area contributed by atoms with Gasteiger partial charge in [-0.05, 0) is 57.6 Å². The summed E-state index contributed by atoms with van der Waals surface area (Å²) in [6, 6.07) is 2.34. The second-order valence-electron chi connectivity index (χ2n) is 10.4. The first-order chi connectivity index (χ1) is 16.6. The van der Waals surface area contributed by atoms with Crippen LogP contribution < -0.4 is 4.90 Å². The van der Waals surface area contributed by atoms with Crippen molar-refractivity contribution in [3.8, 4) is 0 Å². The Balaban J connectivity index is 1.41. The second-order valence-corrected chi connectivity index (χ2v) is 12.3. The van der Waals surface area contributed by atoms with Crippen LogP contribution in [0.15, 0.2) is 17.0 Å². The molecule has 194 valence electrons. The largest absolute Gasteiger partial charge is 0.377 e. The van der Waals surface area contributed by atoms with Crippen LogP contribution >= 0.6 is 0 Å². The van der Waals surface area contributed by atoms with E-state index in [1.807, 2.05) is 6.92 Å². The van der Waals surface area contributed by atoms with E-state index in [-0.39, 0.29) is 61.2 Å². The highest BCUT2D eigenvalue weighted by Gasteiger charge is 2.46. The molecule has 2 bridgehead atoms. The number of rotatable bonds is 5. The number of ether oxygens (including phenoxy) is 1. The van der Waals surface area contributed by atoms with E-state index in [0.29, 0.717) is 31.9 Å². The molecule has 3 saturated heterocycles. The highest BCUT2D eigenvalue weighted by molar-refractivity contribution is 7.89. The van der Waals surface area contributed by atoms with Gasteiger partial charge in [-0.3, -0.25) is 4.79 Å². The number of aromatic nitrogens is 1. The fraction of sp³-hybridized carbons (Fsp3) is 0.750. The van der Waals surface area contributed by atoms with Gasteiger partial charge in [-0.2, -0.15) is 4.31 Å². The van der Waals surface area contributed by atoms with E-state index in [0.717, 1.165) is 18.5 Å². The molecule has 4 heterocycles. The van der Waals surface area contributed by atoms with E-state index in [4.69, 9.17) is 4.74 Å². The Morgan fingerprint density at radius 1 is 1.11 bits per heavy atom. The first-order valence-corrected chi connectivity index (χ1v) is 14.0. The average molecular weight is 513 g/mol. The number of aryl methyl sites for hydroxylation is 1. The van der Waals surface area contributed by atoms with Gasteiger partial charge in [0.1, 0.15) is 16.8 Å². The molecule has 0 radical (unpaired) electrons. The van der Waals surface area contributed by atoms with Crippen molar-refractivity contribution in [2.24, 2.45) is 0 Å². The van der Waals surface area contributed by atoms with Crippen molar-refractivity contribution in [2.75, 3.05) is 31.7 Å². The molecule has 1 saturated carbocycles. The molecule has 0 aromatic carbocycles. The van der Waals surface area contributed by atoms with Crippen molar-refractivity contribution in [2.45, 2.75) is 93.3 Å². The minimum absolute atomic E-state index is 0.0866. The number of fused-ring (bicyclic) bond motifs is 2. The molecule has 4 fully saturated rings. The molecule has 8 nitrogen and oxygen atoms in total. The zero-order chi connectivity index (χ0) is 25.0. The van der Waals surface area contributed by atoms with Crippen LogP contribution in [-0.2, 0) is 19.6 Å². The summed E-state index contributed by atoms with van der Waals surface area (Å²) in [4.78, 5) is 21.8. The quantitative estimate of drug-likeness (QED) is 0.603. The predicted molar refractivity (Wildman–Crippen MR) is 126 cm³/mol. The van der Waals surface area contributed by atoms with Gasteiger partial charge in [-0.25, -0.2) is 22.2 Å². The molecule has 1 aromatic heterocycles. The number of sulfonamides is 1. The Morgan fingerprint density at radius 2 is 1.77 bits per heavy atom. The van der Waals surface area contributed by atoms with Crippen LogP contribution in [0.1, 0.15) is 57.1 Å². The summed E-state index contributed by atoms with van der Waals surface area (Å²) in [7, 11) is -2.40. The lowest BCUT2D eigenvalue weighted by molar-refractivity contribution is -0.138. The first kappa shape index (κ1) is 24.8. The Morgan fingerprint density at radius 3 is 2.43 bits per heavy atom. The topological polar surface area (TPSA) is 83.1 Å². The van der Waals surface area contributed by atoms with E-state index < -0.39 is 22.0 Å². The van der Waals surface area contributed by atoms with Gasteiger partial charge < -0.3 is 14.5 Å². The average Bonchev–Trinajstić information content (AvgIpc) is 3.41. The lowest BCUT2D eigenvalue weighted by atomic mass is 9.91. The number of morpholine rings is 1. The fourth-order valence-corrected chi connectivity index (χ4v) is 7.89. The molecule has 35 heavy (non-hydrogen) atoms. The normalized spacial score (nSPS) is 29.5. The van der Waals surface area contributed by atoms with Gasteiger partial charge in [-0.15, -0.1) is 0 Å². The molecule has 0 N–H and O–H groups in total. The highest BCUT2D eigenvalue weighted by Crippen LogP contribution is 2.39. The third-order valence-electron chi connectivity index (χ3n) is 8.12. The minimum Gasteiger partial charge on any atom is -0.377 e. The van der Waals surface area contributed by atoms with Crippen LogP contribution in [0.25, 0.3) is 0 Å².